The SMILES string of the molecule is CN(C)CCCNC(=O)CCNCCN1CCOCC1. The lowest BCUT2D eigenvalue weighted by atomic mass is 10.3. The number of hydrogen-bond acceptors (Lipinski definition) is 5. The minimum absolute atomic E-state index is 0.141. The molecule has 0 saturated carbocycles. The second-order valence-corrected chi connectivity index (χ2v) is 5.46. The minimum atomic E-state index is 0.141. The summed E-state index contributed by atoms with van der Waals surface area (Å²) in [6.45, 7) is 8.24. The molecule has 1 heterocycles. The Morgan fingerprint density at radius 1 is 1.20 bits per heavy atom. The lowest BCUT2D eigenvalue weighted by Crippen LogP contribution is -2.40. The van der Waals surface area contributed by atoms with Gasteiger partial charge in [0.1, 0.15) is 0 Å². The van der Waals surface area contributed by atoms with E-state index in [2.05, 4.69) is 20.4 Å². The predicted molar refractivity (Wildman–Crippen MR) is 80.9 cm³/mol. The molecule has 0 aliphatic carbocycles. The van der Waals surface area contributed by atoms with E-state index in [4.69, 9.17) is 4.74 Å². The Bertz CT molecular complexity index is 256. The first-order chi connectivity index (χ1) is 9.68. The van der Waals surface area contributed by atoms with Gasteiger partial charge in [0.15, 0.2) is 0 Å². The maximum absolute atomic E-state index is 11.6. The van der Waals surface area contributed by atoms with Crippen molar-refractivity contribution in [3.05, 3.63) is 0 Å². The molecule has 20 heavy (non-hydrogen) atoms. The van der Waals surface area contributed by atoms with Crippen LogP contribution in [0.3, 0.4) is 0 Å². The zero-order valence-corrected chi connectivity index (χ0v) is 13.0. The Morgan fingerprint density at radius 2 is 1.95 bits per heavy atom. The van der Waals surface area contributed by atoms with Gasteiger partial charge in [-0.25, -0.2) is 0 Å². The number of morpholine rings is 1. The van der Waals surface area contributed by atoms with Gasteiger partial charge >= 0.3 is 0 Å². The van der Waals surface area contributed by atoms with Gasteiger partial charge in [-0.15, -0.1) is 0 Å². The first kappa shape index (κ1) is 17.4. The number of nitrogens with one attached hydrogen (secondary N) is 2. The van der Waals surface area contributed by atoms with E-state index in [0.717, 1.165) is 65.4 Å². The van der Waals surface area contributed by atoms with Crippen molar-refractivity contribution in [2.45, 2.75) is 12.8 Å². The first-order valence-corrected chi connectivity index (χ1v) is 7.61. The second-order valence-electron chi connectivity index (χ2n) is 5.46. The molecule has 0 aromatic heterocycles. The zero-order valence-electron chi connectivity index (χ0n) is 13.0. The quantitative estimate of drug-likeness (QED) is 0.524. The van der Waals surface area contributed by atoms with Crippen LogP contribution >= 0.6 is 0 Å². The van der Waals surface area contributed by atoms with E-state index in [9.17, 15) is 4.79 Å². The van der Waals surface area contributed by atoms with Crippen molar-refractivity contribution < 1.29 is 9.53 Å². The summed E-state index contributed by atoms with van der Waals surface area (Å²) in [4.78, 5) is 16.1. The molecule has 0 bridgehead atoms. The van der Waals surface area contributed by atoms with E-state index >= 15 is 0 Å². The molecule has 6 nitrogen and oxygen atoms in total. The second kappa shape index (κ2) is 11.0. The normalized spacial score (nSPS) is 16.6. The van der Waals surface area contributed by atoms with Crippen LogP contribution in [-0.2, 0) is 9.53 Å². The fraction of sp³-hybridized carbons (Fsp3) is 0.929. The Labute approximate surface area is 122 Å². The van der Waals surface area contributed by atoms with Crippen LogP contribution in [0, 0.1) is 0 Å². The Balaban J connectivity index is 1.86. The average Bonchev–Trinajstić information content (AvgIpc) is 2.44. The summed E-state index contributed by atoms with van der Waals surface area (Å²) < 4.78 is 5.30. The van der Waals surface area contributed by atoms with E-state index in [1.54, 1.807) is 0 Å². The van der Waals surface area contributed by atoms with E-state index in [-0.39, 0.29) is 5.91 Å². The fourth-order valence-corrected chi connectivity index (χ4v) is 2.10. The van der Waals surface area contributed by atoms with Crippen LogP contribution in [0.15, 0.2) is 0 Å². The van der Waals surface area contributed by atoms with E-state index < -0.39 is 0 Å². The van der Waals surface area contributed by atoms with Crippen LogP contribution in [0.5, 0.6) is 0 Å². The first-order valence-electron chi connectivity index (χ1n) is 7.61. The number of ether oxygens (including phenoxy) is 1. The summed E-state index contributed by atoms with van der Waals surface area (Å²) in [7, 11) is 4.08. The van der Waals surface area contributed by atoms with Crippen LogP contribution in [-0.4, -0.2) is 88.8 Å². The zero-order chi connectivity index (χ0) is 14.6. The highest BCUT2D eigenvalue weighted by Gasteiger charge is 2.09. The molecule has 0 atom stereocenters. The third kappa shape index (κ3) is 9.25. The van der Waals surface area contributed by atoms with Crippen LogP contribution < -0.4 is 10.6 Å². The average molecular weight is 286 g/mol. The Morgan fingerprint density at radius 3 is 2.65 bits per heavy atom. The third-order valence-electron chi connectivity index (χ3n) is 3.34. The number of amides is 1. The molecular formula is C14H30N4O2. The van der Waals surface area contributed by atoms with E-state index in [1.807, 2.05) is 14.1 Å². The van der Waals surface area contributed by atoms with Gasteiger partial charge in [-0.3, -0.25) is 9.69 Å². The van der Waals surface area contributed by atoms with Gasteiger partial charge in [0.05, 0.1) is 13.2 Å². The molecule has 0 radical (unpaired) electrons. The highest BCUT2D eigenvalue weighted by molar-refractivity contribution is 5.75. The van der Waals surface area contributed by atoms with Gasteiger partial charge in [0.25, 0.3) is 0 Å². The van der Waals surface area contributed by atoms with Crippen molar-refractivity contribution in [1.82, 2.24) is 20.4 Å². The monoisotopic (exact) mass is 286 g/mol. The number of nitrogens with zero attached hydrogens (tertiary/aromatic N) is 2. The molecule has 1 fully saturated rings. The van der Waals surface area contributed by atoms with Crippen molar-refractivity contribution in [2.24, 2.45) is 0 Å². The topological polar surface area (TPSA) is 56.8 Å². The lowest BCUT2D eigenvalue weighted by molar-refractivity contribution is -0.121. The summed E-state index contributed by atoms with van der Waals surface area (Å²) >= 11 is 0. The van der Waals surface area contributed by atoms with Gasteiger partial charge in [0, 0.05) is 45.7 Å². The molecule has 1 amide bonds. The molecule has 2 N–H and O–H groups in total. The molecule has 0 aromatic carbocycles. The van der Waals surface area contributed by atoms with Crippen molar-refractivity contribution in [2.75, 3.05) is 73.1 Å². The standard InChI is InChI=1S/C14H30N4O2/c1-17(2)8-3-5-16-14(19)4-6-15-7-9-18-10-12-20-13-11-18/h15H,3-13H2,1-2H3,(H,16,19). The van der Waals surface area contributed by atoms with Crippen LogP contribution in [0.2, 0.25) is 0 Å². The van der Waals surface area contributed by atoms with E-state index in [1.165, 1.54) is 0 Å². The van der Waals surface area contributed by atoms with Crippen molar-refractivity contribution in [1.29, 1.82) is 0 Å². The Kier molecular flexibility index (Phi) is 9.57. The highest BCUT2D eigenvalue weighted by Crippen LogP contribution is 1.94. The minimum Gasteiger partial charge on any atom is -0.379 e. The van der Waals surface area contributed by atoms with Crippen molar-refractivity contribution >= 4 is 5.91 Å². The molecule has 0 aromatic rings. The van der Waals surface area contributed by atoms with Gasteiger partial charge in [-0.05, 0) is 27.1 Å². The van der Waals surface area contributed by atoms with Gasteiger partial charge < -0.3 is 20.3 Å². The molecule has 118 valence electrons. The van der Waals surface area contributed by atoms with Gasteiger partial charge in [-0.1, -0.05) is 0 Å². The van der Waals surface area contributed by atoms with Gasteiger partial charge in [0.2, 0.25) is 5.91 Å². The molecule has 6 heteroatoms. The Hall–Kier alpha value is -0.690. The fourth-order valence-electron chi connectivity index (χ4n) is 2.10. The summed E-state index contributed by atoms with van der Waals surface area (Å²) in [5.41, 5.74) is 0. The smallest absolute Gasteiger partial charge is 0.221 e. The molecular weight excluding hydrogens is 256 g/mol. The highest BCUT2D eigenvalue weighted by atomic mass is 16.5. The predicted octanol–water partition coefficient (Wildman–Crippen LogP) is -0.634. The molecule has 1 aliphatic rings. The molecule has 1 saturated heterocycles. The maximum atomic E-state index is 11.6. The summed E-state index contributed by atoms with van der Waals surface area (Å²) in [6.07, 6.45) is 1.56. The lowest BCUT2D eigenvalue weighted by Gasteiger charge is -2.26. The van der Waals surface area contributed by atoms with Crippen LogP contribution in [0.25, 0.3) is 0 Å². The van der Waals surface area contributed by atoms with E-state index in [0.29, 0.717) is 6.42 Å². The number of carbonyl (C=O) groups excluding carboxylic acids is 1. The van der Waals surface area contributed by atoms with Crippen molar-refractivity contribution in [3.8, 4) is 0 Å². The summed E-state index contributed by atoms with van der Waals surface area (Å²) in [6, 6.07) is 0. The van der Waals surface area contributed by atoms with Gasteiger partial charge in [-0.2, -0.15) is 0 Å². The molecule has 1 aliphatic heterocycles. The summed E-state index contributed by atoms with van der Waals surface area (Å²) in [5.74, 6) is 0.141. The van der Waals surface area contributed by atoms with Crippen LogP contribution in [0.1, 0.15) is 12.8 Å². The maximum Gasteiger partial charge on any atom is 0.221 e. The summed E-state index contributed by atoms with van der Waals surface area (Å²) in [5, 5.41) is 6.27. The third-order valence-corrected chi connectivity index (χ3v) is 3.34. The van der Waals surface area contributed by atoms with Crippen LogP contribution in [0.4, 0.5) is 0 Å². The molecule has 0 unspecified atom stereocenters. The number of carbonyl (C=O) groups is 1. The molecule has 0 spiro atoms. The van der Waals surface area contributed by atoms with Crippen molar-refractivity contribution in [3.63, 3.8) is 0 Å². The number of rotatable bonds is 10. The molecule has 1 rings (SSSR count). The number of hydrogen-bond donors (Lipinski definition) is 2. The largest absolute Gasteiger partial charge is 0.379 e.